The average Bonchev–Trinajstić information content (AvgIpc) is 2.88. The molecule has 0 spiro atoms. The van der Waals surface area contributed by atoms with E-state index in [1.807, 2.05) is 18.2 Å². The Hall–Kier alpha value is -1.58. The molecule has 0 aliphatic carbocycles. The molecule has 0 amide bonds. The second-order valence-corrected chi connectivity index (χ2v) is 5.82. The van der Waals surface area contributed by atoms with Crippen molar-refractivity contribution in [1.82, 2.24) is 5.32 Å². The molecule has 2 aromatic carbocycles. The number of furan rings is 1. The first-order chi connectivity index (χ1) is 9.72. The van der Waals surface area contributed by atoms with Gasteiger partial charge in [0.1, 0.15) is 11.3 Å². The van der Waals surface area contributed by atoms with Crippen molar-refractivity contribution in [3.63, 3.8) is 0 Å². The molecule has 0 saturated carbocycles. The first-order valence-corrected chi connectivity index (χ1v) is 7.48. The molecule has 102 valence electrons. The summed E-state index contributed by atoms with van der Waals surface area (Å²) in [6.07, 6.45) is 0. The van der Waals surface area contributed by atoms with E-state index < -0.39 is 0 Å². The van der Waals surface area contributed by atoms with E-state index in [-0.39, 0.29) is 6.04 Å². The quantitative estimate of drug-likeness (QED) is 0.724. The topological polar surface area (TPSA) is 25.2 Å². The van der Waals surface area contributed by atoms with Crippen molar-refractivity contribution in [3.05, 3.63) is 70.4 Å². The normalized spacial score (nSPS) is 12.7. The van der Waals surface area contributed by atoms with Crippen LogP contribution in [0.4, 0.5) is 0 Å². The fourth-order valence-corrected chi connectivity index (χ4v) is 2.51. The van der Waals surface area contributed by atoms with Crippen molar-refractivity contribution < 1.29 is 4.42 Å². The summed E-state index contributed by atoms with van der Waals surface area (Å²) in [5.41, 5.74) is 2.21. The Morgan fingerprint density at radius 1 is 1.10 bits per heavy atom. The Morgan fingerprint density at radius 3 is 2.60 bits per heavy atom. The lowest BCUT2D eigenvalue weighted by atomic mass is 10.1. The van der Waals surface area contributed by atoms with Crippen molar-refractivity contribution in [2.75, 3.05) is 0 Å². The lowest BCUT2D eigenvalue weighted by Gasteiger charge is -2.13. The molecule has 2 nitrogen and oxygen atoms in total. The van der Waals surface area contributed by atoms with Gasteiger partial charge in [0, 0.05) is 15.9 Å². The molecule has 1 atom stereocenters. The maximum Gasteiger partial charge on any atom is 0.134 e. The van der Waals surface area contributed by atoms with Crippen molar-refractivity contribution in [1.29, 1.82) is 0 Å². The van der Waals surface area contributed by atoms with E-state index in [9.17, 15) is 0 Å². The van der Waals surface area contributed by atoms with Crippen LogP contribution in [0.2, 0.25) is 0 Å². The van der Waals surface area contributed by atoms with Gasteiger partial charge in [0.25, 0.3) is 0 Å². The zero-order valence-corrected chi connectivity index (χ0v) is 12.9. The Morgan fingerprint density at radius 2 is 1.85 bits per heavy atom. The molecule has 20 heavy (non-hydrogen) atoms. The third-order valence-electron chi connectivity index (χ3n) is 3.43. The molecule has 0 unspecified atom stereocenters. The molecule has 3 heteroatoms. The van der Waals surface area contributed by atoms with E-state index >= 15 is 0 Å². The van der Waals surface area contributed by atoms with Crippen LogP contribution in [0.15, 0.2) is 63.5 Å². The summed E-state index contributed by atoms with van der Waals surface area (Å²) >= 11 is 3.45. The molecule has 1 aromatic heterocycles. The summed E-state index contributed by atoms with van der Waals surface area (Å²) in [5.74, 6) is 0.968. The molecule has 0 saturated heterocycles. The highest BCUT2D eigenvalue weighted by atomic mass is 79.9. The monoisotopic (exact) mass is 329 g/mol. The van der Waals surface area contributed by atoms with Gasteiger partial charge in [-0.25, -0.2) is 0 Å². The minimum atomic E-state index is 0.288. The van der Waals surface area contributed by atoms with E-state index in [0.717, 1.165) is 27.7 Å². The van der Waals surface area contributed by atoms with Crippen LogP contribution >= 0.6 is 15.9 Å². The van der Waals surface area contributed by atoms with Gasteiger partial charge in [-0.3, -0.25) is 0 Å². The fourth-order valence-electron chi connectivity index (χ4n) is 2.25. The third kappa shape index (κ3) is 2.94. The molecule has 0 bridgehead atoms. The fraction of sp³-hybridized carbons (Fsp3) is 0.176. The molecular formula is C17H16BrNO. The highest BCUT2D eigenvalue weighted by Gasteiger charge is 2.07. The summed E-state index contributed by atoms with van der Waals surface area (Å²) < 4.78 is 6.91. The van der Waals surface area contributed by atoms with E-state index in [0.29, 0.717) is 0 Å². The molecule has 3 rings (SSSR count). The van der Waals surface area contributed by atoms with E-state index in [2.05, 4.69) is 64.6 Å². The molecule has 1 heterocycles. The molecule has 0 aliphatic rings. The van der Waals surface area contributed by atoms with Gasteiger partial charge in [0.15, 0.2) is 0 Å². The van der Waals surface area contributed by atoms with Gasteiger partial charge in [0.2, 0.25) is 0 Å². The van der Waals surface area contributed by atoms with E-state index in [4.69, 9.17) is 4.42 Å². The zero-order valence-electron chi connectivity index (χ0n) is 11.3. The number of para-hydroxylation sites is 1. The zero-order chi connectivity index (χ0) is 13.9. The van der Waals surface area contributed by atoms with Gasteiger partial charge in [-0.2, -0.15) is 0 Å². The van der Waals surface area contributed by atoms with E-state index in [1.165, 1.54) is 5.56 Å². The molecular weight excluding hydrogens is 314 g/mol. The average molecular weight is 330 g/mol. The second kappa shape index (κ2) is 5.81. The van der Waals surface area contributed by atoms with Crippen molar-refractivity contribution >= 4 is 26.9 Å². The van der Waals surface area contributed by atoms with Crippen LogP contribution in [0.25, 0.3) is 11.0 Å². The number of hydrogen-bond acceptors (Lipinski definition) is 2. The van der Waals surface area contributed by atoms with Crippen molar-refractivity contribution in [2.45, 2.75) is 19.5 Å². The largest absolute Gasteiger partial charge is 0.460 e. The Kier molecular flexibility index (Phi) is 3.90. The van der Waals surface area contributed by atoms with Crippen molar-refractivity contribution in [2.24, 2.45) is 0 Å². The lowest BCUT2D eigenvalue weighted by Crippen LogP contribution is -2.17. The smallest absolute Gasteiger partial charge is 0.134 e. The number of fused-ring (bicyclic) bond motifs is 1. The first-order valence-electron chi connectivity index (χ1n) is 6.69. The number of benzene rings is 2. The predicted molar refractivity (Wildman–Crippen MR) is 85.6 cm³/mol. The molecule has 0 aliphatic heterocycles. The summed E-state index contributed by atoms with van der Waals surface area (Å²) in [6.45, 7) is 2.89. The van der Waals surface area contributed by atoms with Crippen LogP contribution in [-0.4, -0.2) is 0 Å². The van der Waals surface area contributed by atoms with Gasteiger partial charge in [-0.05, 0) is 36.8 Å². The predicted octanol–water partition coefficient (Wildman–Crippen LogP) is 5.05. The first kappa shape index (κ1) is 13.4. The number of hydrogen-bond donors (Lipinski definition) is 1. The second-order valence-electron chi connectivity index (χ2n) is 4.90. The van der Waals surface area contributed by atoms with Gasteiger partial charge in [-0.15, -0.1) is 0 Å². The maximum atomic E-state index is 5.80. The summed E-state index contributed by atoms with van der Waals surface area (Å²) in [6, 6.07) is 18.8. The van der Waals surface area contributed by atoms with Gasteiger partial charge < -0.3 is 9.73 Å². The minimum Gasteiger partial charge on any atom is -0.460 e. The number of rotatable bonds is 4. The van der Waals surface area contributed by atoms with Crippen molar-refractivity contribution in [3.8, 4) is 0 Å². The van der Waals surface area contributed by atoms with Crippen LogP contribution in [0.5, 0.6) is 0 Å². The van der Waals surface area contributed by atoms with Crippen LogP contribution in [0.3, 0.4) is 0 Å². The molecule has 0 fully saturated rings. The van der Waals surface area contributed by atoms with Gasteiger partial charge >= 0.3 is 0 Å². The van der Waals surface area contributed by atoms with Gasteiger partial charge in [0.05, 0.1) is 6.54 Å². The van der Waals surface area contributed by atoms with Crippen LogP contribution < -0.4 is 5.32 Å². The van der Waals surface area contributed by atoms with Crippen LogP contribution in [0.1, 0.15) is 24.3 Å². The number of halogens is 1. The third-order valence-corrected chi connectivity index (χ3v) is 3.96. The lowest BCUT2D eigenvalue weighted by molar-refractivity contribution is 0.482. The summed E-state index contributed by atoms with van der Waals surface area (Å²) in [5, 5.41) is 4.64. The highest BCUT2D eigenvalue weighted by molar-refractivity contribution is 9.10. The van der Waals surface area contributed by atoms with E-state index in [1.54, 1.807) is 0 Å². The SMILES string of the molecule is C[C@@H](NCc1cc2ccccc2o1)c1ccc(Br)cc1. The standard InChI is InChI=1S/C17H16BrNO/c1-12(13-6-8-15(18)9-7-13)19-11-16-10-14-4-2-3-5-17(14)20-16/h2-10,12,19H,11H2,1H3/t12-/m1/s1. The molecule has 3 aromatic rings. The maximum absolute atomic E-state index is 5.80. The minimum absolute atomic E-state index is 0.288. The van der Waals surface area contributed by atoms with Crippen LogP contribution in [0, 0.1) is 0 Å². The molecule has 1 N–H and O–H groups in total. The summed E-state index contributed by atoms with van der Waals surface area (Å²) in [7, 11) is 0. The Labute approximate surface area is 126 Å². The van der Waals surface area contributed by atoms with Crippen LogP contribution in [-0.2, 0) is 6.54 Å². The van der Waals surface area contributed by atoms with Gasteiger partial charge in [-0.1, -0.05) is 46.3 Å². The molecule has 0 radical (unpaired) electrons. The summed E-state index contributed by atoms with van der Waals surface area (Å²) in [4.78, 5) is 0. The Balaban J connectivity index is 1.68. The highest BCUT2D eigenvalue weighted by Crippen LogP contribution is 2.20. The Bertz CT molecular complexity index is 669. The number of nitrogens with one attached hydrogen (secondary N) is 1.